The average Bonchev–Trinajstić information content (AvgIpc) is 2.44. The quantitative estimate of drug-likeness (QED) is 0.341. The van der Waals surface area contributed by atoms with Gasteiger partial charge in [0.25, 0.3) is 5.69 Å². The Labute approximate surface area is 122 Å². The topological polar surface area (TPSA) is 101 Å². The molecule has 112 valence electrons. The summed E-state index contributed by atoms with van der Waals surface area (Å²) in [6, 6.07) is 5.90. The van der Waals surface area contributed by atoms with Gasteiger partial charge in [0.15, 0.2) is 0 Å². The fourth-order valence-corrected chi connectivity index (χ4v) is 1.50. The fourth-order valence-electron chi connectivity index (χ4n) is 1.50. The second kappa shape index (κ2) is 8.47. The summed E-state index contributed by atoms with van der Waals surface area (Å²) < 4.78 is 0. The van der Waals surface area contributed by atoms with E-state index in [0.717, 1.165) is 0 Å². The van der Waals surface area contributed by atoms with Gasteiger partial charge >= 0.3 is 0 Å². The number of nitrogens with zero attached hydrogens (tertiary/aromatic N) is 1. The van der Waals surface area contributed by atoms with Crippen molar-refractivity contribution in [2.75, 3.05) is 13.1 Å². The fraction of sp³-hybridized carbons (Fsp3) is 0.286. The maximum Gasteiger partial charge on any atom is 0.269 e. The van der Waals surface area contributed by atoms with Crippen LogP contribution in [-0.2, 0) is 9.59 Å². The van der Waals surface area contributed by atoms with Crippen molar-refractivity contribution in [1.29, 1.82) is 0 Å². The highest BCUT2D eigenvalue weighted by atomic mass is 16.6. The third-order valence-electron chi connectivity index (χ3n) is 2.56. The number of benzene rings is 1. The van der Waals surface area contributed by atoms with E-state index < -0.39 is 4.92 Å². The van der Waals surface area contributed by atoms with Crippen molar-refractivity contribution in [2.45, 2.75) is 13.3 Å². The lowest BCUT2D eigenvalue weighted by Gasteiger charge is -2.02. The first-order valence-electron chi connectivity index (χ1n) is 6.44. The minimum absolute atomic E-state index is 0.00886. The lowest BCUT2D eigenvalue weighted by atomic mass is 10.2. The molecule has 0 saturated heterocycles. The van der Waals surface area contributed by atoms with E-state index in [9.17, 15) is 19.7 Å². The molecule has 0 aliphatic rings. The number of amides is 2. The van der Waals surface area contributed by atoms with Crippen LogP contribution in [0.5, 0.6) is 0 Å². The van der Waals surface area contributed by atoms with Gasteiger partial charge in [0.1, 0.15) is 0 Å². The first-order chi connectivity index (χ1) is 9.99. The molecule has 1 aromatic carbocycles. The van der Waals surface area contributed by atoms with Crippen LogP contribution in [0.25, 0.3) is 6.08 Å². The van der Waals surface area contributed by atoms with Crippen LogP contribution in [-0.4, -0.2) is 29.8 Å². The van der Waals surface area contributed by atoms with Crippen molar-refractivity contribution in [3.63, 3.8) is 0 Å². The molecule has 0 saturated carbocycles. The van der Waals surface area contributed by atoms with Gasteiger partial charge in [-0.3, -0.25) is 19.7 Å². The first kappa shape index (κ1) is 16.4. The molecule has 0 heterocycles. The minimum Gasteiger partial charge on any atom is -0.356 e. The zero-order valence-electron chi connectivity index (χ0n) is 11.7. The number of non-ortho nitro benzene ring substituents is 1. The molecule has 0 fully saturated rings. The van der Waals surface area contributed by atoms with Crippen LogP contribution in [0, 0.1) is 10.1 Å². The van der Waals surface area contributed by atoms with Crippen molar-refractivity contribution in [3.8, 4) is 0 Å². The Bertz CT molecular complexity index is 538. The molecule has 21 heavy (non-hydrogen) atoms. The number of hydrogen-bond donors (Lipinski definition) is 2. The Balaban J connectivity index is 2.33. The zero-order chi connectivity index (χ0) is 15.7. The summed E-state index contributed by atoms with van der Waals surface area (Å²) >= 11 is 0. The number of nitro groups is 1. The van der Waals surface area contributed by atoms with Gasteiger partial charge < -0.3 is 10.6 Å². The molecular formula is C14H17N3O4. The van der Waals surface area contributed by atoms with Crippen molar-refractivity contribution in [3.05, 3.63) is 46.0 Å². The monoisotopic (exact) mass is 291 g/mol. The van der Waals surface area contributed by atoms with E-state index in [2.05, 4.69) is 10.6 Å². The molecule has 0 aromatic heterocycles. The smallest absolute Gasteiger partial charge is 0.269 e. The van der Waals surface area contributed by atoms with E-state index >= 15 is 0 Å². The van der Waals surface area contributed by atoms with Gasteiger partial charge in [-0.15, -0.1) is 0 Å². The highest BCUT2D eigenvalue weighted by molar-refractivity contribution is 5.91. The average molecular weight is 291 g/mol. The summed E-state index contributed by atoms with van der Waals surface area (Å²) in [5.74, 6) is -0.351. The van der Waals surface area contributed by atoms with Gasteiger partial charge in [-0.1, -0.05) is 0 Å². The van der Waals surface area contributed by atoms with Crippen molar-refractivity contribution in [1.82, 2.24) is 10.6 Å². The third kappa shape index (κ3) is 6.86. The van der Waals surface area contributed by atoms with E-state index in [-0.39, 0.29) is 17.5 Å². The molecule has 0 aliphatic carbocycles. The van der Waals surface area contributed by atoms with E-state index in [1.807, 2.05) is 0 Å². The molecule has 0 atom stereocenters. The van der Waals surface area contributed by atoms with E-state index in [1.54, 1.807) is 18.2 Å². The molecule has 0 unspecified atom stereocenters. The maximum atomic E-state index is 11.5. The molecule has 7 heteroatoms. The molecule has 7 nitrogen and oxygen atoms in total. The highest BCUT2D eigenvalue weighted by Crippen LogP contribution is 2.12. The maximum absolute atomic E-state index is 11.5. The van der Waals surface area contributed by atoms with Crippen molar-refractivity contribution >= 4 is 23.6 Å². The van der Waals surface area contributed by atoms with E-state index in [0.29, 0.717) is 25.1 Å². The van der Waals surface area contributed by atoms with Gasteiger partial charge in [-0.05, 0) is 30.2 Å². The number of carbonyl (C=O) groups excluding carboxylic acids is 2. The summed E-state index contributed by atoms with van der Waals surface area (Å²) in [6.07, 6.45) is 3.59. The molecule has 0 bridgehead atoms. The summed E-state index contributed by atoms with van der Waals surface area (Å²) in [4.78, 5) is 32.1. The molecule has 0 spiro atoms. The van der Waals surface area contributed by atoms with Gasteiger partial charge in [-0.2, -0.15) is 0 Å². The van der Waals surface area contributed by atoms with E-state index in [4.69, 9.17) is 0 Å². The number of nitrogens with one attached hydrogen (secondary N) is 2. The second-order valence-electron chi connectivity index (χ2n) is 4.31. The Morgan fingerprint density at radius 3 is 2.38 bits per heavy atom. The summed E-state index contributed by atoms with van der Waals surface area (Å²) in [6.45, 7) is 2.41. The summed E-state index contributed by atoms with van der Waals surface area (Å²) in [5, 5.41) is 15.8. The van der Waals surface area contributed by atoms with Crippen LogP contribution < -0.4 is 10.6 Å². The van der Waals surface area contributed by atoms with Crippen LogP contribution in [0.1, 0.15) is 18.9 Å². The molecule has 1 rings (SSSR count). The number of nitro benzene ring substituents is 1. The second-order valence-corrected chi connectivity index (χ2v) is 4.31. The summed E-state index contributed by atoms with van der Waals surface area (Å²) in [5.41, 5.74) is 0.712. The molecule has 2 N–H and O–H groups in total. The molecule has 0 radical (unpaired) electrons. The van der Waals surface area contributed by atoms with E-state index in [1.165, 1.54) is 25.1 Å². The summed E-state index contributed by atoms with van der Waals surface area (Å²) in [7, 11) is 0. The Hall–Kier alpha value is -2.70. The molecule has 2 amide bonds. The largest absolute Gasteiger partial charge is 0.356 e. The Kier molecular flexibility index (Phi) is 6.59. The number of hydrogen-bond acceptors (Lipinski definition) is 4. The number of carbonyl (C=O) groups is 2. The van der Waals surface area contributed by atoms with Crippen LogP contribution in [0.3, 0.4) is 0 Å². The Morgan fingerprint density at radius 1 is 1.19 bits per heavy atom. The normalized spacial score (nSPS) is 10.3. The van der Waals surface area contributed by atoms with Gasteiger partial charge in [0.05, 0.1) is 4.92 Å². The van der Waals surface area contributed by atoms with Crippen LogP contribution >= 0.6 is 0 Å². The predicted molar refractivity (Wildman–Crippen MR) is 78.4 cm³/mol. The van der Waals surface area contributed by atoms with Crippen LogP contribution in [0.4, 0.5) is 5.69 Å². The minimum atomic E-state index is -0.477. The molecule has 0 aliphatic heterocycles. The SMILES string of the molecule is CC(=O)NCCCNC(=O)/C=C/c1ccc([N+](=O)[O-])cc1. The van der Waals surface area contributed by atoms with Crippen molar-refractivity contribution < 1.29 is 14.5 Å². The lowest BCUT2D eigenvalue weighted by molar-refractivity contribution is -0.384. The first-order valence-corrected chi connectivity index (χ1v) is 6.44. The number of rotatable bonds is 7. The van der Waals surface area contributed by atoms with Crippen molar-refractivity contribution in [2.24, 2.45) is 0 Å². The Morgan fingerprint density at radius 2 is 1.81 bits per heavy atom. The molecule has 1 aromatic rings. The van der Waals surface area contributed by atoms with Gasteiger partial charge in [0.2, 0.25) is 11.8 Å². The standard InChI is InChI=1S/C14H17N3O4/c1-11(18)15-9-2-10-16-14(19)8-5-12-3-6-13(7-4-12)17(20)21/h3-8H,2,9-10H2,1H3,(H,15,18)(H,16,19)/b8-5+. The predicted octanol–water partition coefficient (Wildman–Crippen LogP) is 1.25. The molecular weight excluding hydrogens is 274 g/mol. The zero-order valence-corrected chi connectivity index (χ0v) is 11.7. The van der Waals surface area contributed by atoms with Gasteiger partial charge in [0, 0.05) is 38.2 Å². The van der Waals surface area contributed by atoms with Crippen LogP contribution in [0.2, 0.25) is 0 Å². The van der Waals surface area contributed by atoms with Crippen LogP contribution in [0.15, 0.2) is 30.3 Å². The van der Waals surface area contributed by atoms with Gasteiger partial charge in [-0.25, -0.2) is 0 Å². The highest BCUT2D eigenvalue weighted by Gasteiger charge is 2.02. The third-order valence-corrected chi connectivity index (χ3v) is 2.56. The lowest BCUT2D eigenvalue weighted by Crippen LogP contribution is -2.27.